The topological polar surface area (TPSA) is 37.4 Å². The molecule has 1 aliphatic heterocycles. The third kappa shape index (κ3) is 3.98. The number of ether oxygens (including phenoxy) is 1. The van der Waals surface area contributed by atoms with Crippen LogP contribution in [-0.2, 0) is 0 Å². The van der Waals surface area contributed by atoms with Crippen molar-refractivity contribution in [1.29, 1.82) is 0 Å². The Morgan fingerprint density at radius 1 is 1.07 bits per heavy atom. The molecular weight excluding hydrogens is 478 g/mol. The van der Waals surface area contributed by atoms with E-state index in [0.717, 1.165) is 33.8 Å². The minimum atomic E-state index is -0.0151. The van der Waals surface area contributed by atoms with Gasteiger partial charge in [-0.05, 0) is 102 Å². The monoisotopic (exact) mass is 499 g/mol. The largest absolute Gasteiger partial charge is 0.490 e. The summed E-state index contributed by atoms with van der Waals surface area (Å²) in [5, 5.41) is 4.22. The van der Waals surface area contributed by atoms with Crippen LogP contribution in [0.5, 0.6) is 5.75 Å². The summed E-state index contributed by atoms with van der Waals surface area (Å²) in [5.74, 6) is 0.931. The van der Waals surface area contributed by atoms with Gasteiger partial charge < -0.3 is 15.0 Å². The lowest BCUT2D eigenvalue weighted by molar-refractivity contribution is 0.210. The van der Waals surface area contributed by atoms with Gasteiger partial charge in [0.25, 0.3) is 0 Å². The molecule has 0 unspecified atom stereocenters. The molecule has 1 N–H and O–H groups in total. The predicted molar refractivity (Wildman–Crippen MR) is 129 cm³/mol. The summed E-state index contributed by atoms with van der Waals surface area (Å²) >= 11 is 11.1. The zero-order valence-electron chi connectivity index (χ0n) is 16.3. The number of benzene rings is 1. The summed E-state index contributed by atoms with van der Waals surface area (Å²) < 4.78 is 7.25. The van der Waals surface area contributed by atoms with Gasteiger partial charge in [0, 0.05) is 16.8 Å². The van der Waals surface area contributed by atoms with Crippen molar-refractivity contribution < 1.29 is 4.74 Å². The number of aromatic nitrogens is 1. The summed E-state index contributed by atoms with van der Waals surface area (Å²) in [7, 11) is 0. The Morgan fingerprint density at radius 3 is 2.53 bits per heavy atom. The molecule has 5 rings (SSSR count). The highest BCUT2D eigenvalue weighted by atomic mass is 79.9. The maximum atomic E-state index is 6.14. The summed E-state index contributed by atoms with van der Waals surface area (Å²) in [4.78, 5) is 8.03. The van der Waals surface area contributed by atoms with E-state index in [0.29, 0.717) is 11.2 Å². The molecule has 154 valence electrons. The predicted octanol–water partition coefficient (Wildman–Crippen LogP) is 6.40. The van der Waals surface area contributed by atoms with E-state index in [-0.39, 0.29) is 12.1 Å². The van der Waals surface area contributed by atoms with Gasteiger partial charge in [-0.3, -0.25) is 4.98 Å². The lowest BCUT2D eigenvalue weighted by atomic mass is 10.0. The molecule has 30 heavy (non-hydrogen) atoms. The minimum Gasteiger partial charge on any atom is -0.490 e. The first-order chi connectivity index (χ1) is 14.7. The van der Waals surface area contributed by atoms with Crippen molar-refractivity contribution >= 4 is 50.3 Å². The van der Waals surface area contributed by atoms with E-state index < -0.39 is 0 Å². The van der Waals surface area contributed by atoms with Gasteiger partial charge in [-0.1, -0.05) is 6.07 Å². The standard InChI is InChI=1S/C23H22BrN3OS2/c24-20-13-12-19(30-20)22-21(18-7-3-4-14-25-18)26-23(29)27(22)15-8-10-17(11-9-15)28-16-5-1-2-6-16/h3-4,7-14,16,21-22H,1-2,5-6H2,(H,26,29)/t21-,22+/m1/s1. The number of rotatable bonds is 5. The number of nitrogens with zero attached hydrogens (tertiary/aromatic N) is 2. The van der Waals surface area contributed by atoms with Gasteiger partial charge in [0.1, 0.15) is 5.75 Å². The van der Waals surface area contributed by atoms with E-state index in [1.165, 1.54) is 17.7 Å². The molecule has 0 amide bonds. The smallest absolute Gasteiger partial charge is 0.174 e. The highest BCUT2D eigenvalue weighted by Gasteiger charge is 2.41. The molecule has 4 nitrogen and oxygen atoms in total. The molecule has 0 radical (unpaired) electrons. The Bertz CT molecular complexity index is 1020. The number of pyridine rings is 1. The number of nitrogens with one attached hydrogen (secondary N) is 1. The van der Waals surface area contributed by atoms with Crippen molar-refractivity contribution in [3.8, 4) is 5.75 Å². The number of hydrogen-bond donors (Lipinski definition) is 1. The summed E-state index contributed by atoms with van der Waals surface area (Å²) in [6.07, 6.45) is 7.04. The van der Waals surface area contributed by atoms with E-state index in [2.05, 4.69) is 73.6 Å². The lowest BCUT2D eigenvalue weighted by Crippen LogP contribution is -2.29. The molecular formula is C23H22BrN3OS2. The average molecular weight is 500 g/mol. The van der Waals surface area contributed by atoms with Crippen LogP contribution in [0.1, 0.15) is 48.3 Å². The average Bonchev–Trinajstić information content (AvgIpc) is 3.50. The van der Waals surface area contributed by atoms with Crippen molar-refractivity contribution in [2.45, 2.75) is 43.9 Å². The van der Waals surface area contributed by atoms with Crippen molar-refractivity contribution in [2.24, 2.45) is 0 Å². The molecule has 1 saturated carbocycles. The fourth-order valence-electron chi connectivity index (χ4n) is 4.29. The minimum absolute atomic E-state index is 0.0151. The van der Waals surface area contributed by atoms with Gasteiger partial charge in [-0.2, -0.15) is 0 Å². The van der Waals surface area contributed by atoms with E-state index >= 15 is 0 Å². The first kappa shape index (κ1) is 20.0. The Kier molecular flexibility index (Phi) is 5.76. The van der Waals surface area contributed by atoms with Crippen LogP contribution in [0.15, 0.2) is 64.6 Å². The second-order valence-electron chi connectivity index (χ2n) is 7.66. The Labute approximate surface area is 194 Å². The molecule has 1 aromatic carbocycles. The van der Waals surface area contributed by atoms with Gasteiger partial charge in [-0.15, -0.1) is 11.3 Å². The number of thiocarbonyl (C=S) groups is 1. The Hall–Kier alpha value is -1.96. The number of thiophene rings is 1. The second kappa shape index (κ2) is 8.65. The van der Waals surface area contributed by atoms with Gasteiger partial charge in [0.2, 0.25) is 0 Å². The molecule has 7 heteroatoms. The van der Waals surface area contributed by atoms with Crippen LogP contribution in [0.2, 0.25) is 0 Å². The highest BCUT2D eigenvalue weighted by Crippen LogP contribution is 2.44. The van der Waals surface area contributed by atoms with E-state index in [1.807, 2.05) is 18.3 Å². The van der Waals surface area contributed by atoms with Crippen LogP contribution in [0, 0.1) is 0 Å². The van der Waals surface area contributed by atoms with E-state index in [9.17, 15) is 0 Å². The highest BCUT2D eigenvalue weighted by molar-refractivity contribution is 9.11. The first-order valence-corrected chi connectivity index (χ1v) is 12.2. The normalized spacial score (nSPS) is 21.8. The molecule has 2 fully saturated rings. The molecule has 0 spiro atoms. The molecule has 3 aromatic rings. The molecule has 1 aliphatic carbocycles. The number of hydrogen-bond acceptors (Lipinski definition) is 4. The second-order valence-corrected chi connectivity index (χ2v) is 10.5. The fourth-order valence-corrected chi connectivity index (χ4v) is 6.19. The van der Waals surface area contributed by atoms with Crippen LogP contribution < -0.4 is 15.0 Å². The lowest BCUT2D eigenvalue weighted by Gasteiger charge is -2.27. The Morgan fingerprint density at radius 2 is 1.87 bits per heavy atom. The summed E-state index contributed by atoms with van der Waals surface area (Å²) in [6, 6.07) is 18.6. The van der Waals surface area contributed by atoms with Crippen LogP contribution >= 0.6 is 39.5 Å². The van der Waals surface area contributed by atoms with Crippen LogP contribution in [0.25, 0.3) is 0 Å². The maximum Gasteiger partial charge on any atom is 0.174 e. The van der Waals surface area contributed by atoms with E-state index in [1.54, 1.807) is 11.3 Å². The SMILES string of the molecule is S=C1N[C@H](c2ccccn2)[C@H](c2ccc(Br)s2)N1c1ccc(OC2CCCC2)cc1. The van der Waals surface area contributed by atoms with Crippen LogP contribution in [0.4, 0.5) is 5.69 Å². The van der Waals surface area contributed by atoms with Gasteiger partial charge in [0.05, 0.1) is 27.7 Å². The molecule has 1 saturated heterocycles. The number of anilines is 1. The summed E-state index contributed by atoms with van der Waals surface area (Å²) in [5.41, 5.74) is 2.04. The zero-order valence-corrected chi connectivity index (χ0v) is 19.6. The molecule has 3 heterocycles. The molecule has 2 aliphatic rings. The third-order valence-corrected chi connectivity index (χ3v) is 7.71. The zero-order chi connectivity index (χ0) is 20.5. The van der Waals surface area contributed by atoms with Gasteiger partial charge >= 0.3 is 0 Å². The maximum absolute atomic E-state index is 6.14. The fraction of sp³-hybridized carbons (Fsp3) is 0.304. The number of halogens is 1. The molecule has 2 aromatic heterocycles. The molecule has 2 atom stereocenters. The van der Waals surface area contributed by atoms with E-state index in [4.69, 9.17) is 17.0 Å². The van der Waals surface area contributed by atoms with Crippen molar-refractivity contribution in [2.75, 3.05) is 4.90 Å². The van der Waals surface area contributed by atoms with Crippen molar-refractivity contribution in [3.63, 3.8) is 0 Å². The van der Waals surface area contributed by atoms with Crippen molar-refractivity contribution in [3.05, 3.63) is 75.2 Å². The van der Waals surface area contributed by atoms with Crippen LogP contribution in [0.3, 0.4) is 0 Å². The van der Waals surface area contributed by atoms with Crippen molar-refractivity contribution in [1.82, 2.24) is 10.3 Å². The van der Waals surface area contributed by atoms with Gasteiger partial charge in [-0.25, -0.2) is 0 Å². The molecule has 0 bridgehead atoms. The summed E-state index contributed by atoms with van der Waals surface area (Å²) in [6.45, 7) is 0. The van der Waals surface area contributed by atoms with Gasteiger partial charge in [0.15, 0.2) is 5.11 Å². The van der Waals surface area contributed by atoms with Crippen LogP contribution in [-0.4, -0.2) is 16.2 Å². The quantitative estimate of drug-likeness (QED) is 0.410. The third-order valence-electron chi connectivity index (χ3n) is 5.70. The Balaban J connectivity index is 1.46. The first-order valence-electron chi connectivity index (χ1n) is 10.2.